The molecule has 3 nitrogen and oxygen atoms in total. The molecular weight excluding hydrogens is 262 g/mol. The van der Waals surface area contributed by atoms with E-state index in [9.17, 15) is 4.79 Å². The van der Waals surface area contributed by atoms with Gasteiger partial charge in [0.25, 0.3) is 0 Å². The predicted molar refractivity (Wildman–Crippen MR) is 82.5 cm³/mol. The molecule has 0 bridgehead atoms. The van der Waals surface area contributed by atoms with Crippen molar-refractivity contribution in [3.05, 3.63) is 72.3 Å². The Bertz CT molecular complexity index is 806. The number of hydrogen-bond donors (Lipinski definition) is 0. The van der Waals surface area contributed by atoms with Crippen molar-refractivity contribution in [1.29, 1.82) is 0 Å². The number of rotatable bonds is 4. The molecule has 0 aromatic heterocycles. The number of carbonyl (C=O) groups excluding carboxylic acids is 1. The smallest absolute Gasteiger partial charge is 0.240 e. The highest BCUT2D eigenvalue weighted by molar-refractivity contribution is 5.86. The maximum absolute atomic E-state index is 10.3. The zero-order valence-electron chi connectivity index (χ0n) is 11.3. The first-order chi connectivity index (χ1) is 10.3. The molecule has 0 unspecified atom stereocenters. The third kappa shape index (κ3) is 3.16. The van der Waals surface area contributed by atoms with Gasteiger partial charge in [0.15, 0.2) is 0 Å². The van der Waals surface area contributed by atoms with Crippen LogP contribution in [0.25, 0.3) is 10.8 Å². The summed E-state index contributed by atoms with van der Waals surface area (Å²) < 4.78 is 5.79. The summed E-state index contributed by atoms with van der Waals surface area (Å²) in [7, 11) is 0. The largest absolute Gasteiger partial charge is 0.489 e. The lowest BCUT2D eigenvalue weighted by Gasteiger charge is -2.07. The van der Waals surface area contributed by atoms with Crippen molar-refractivity contribution in [1.82, 2.24) is 0 Å². The Balaban J connectivity index is 1.81. The highest BCUT2D eigenvalue weighted by Crippen LogP contribution is 2.25. The van der Waals surface area contributed by atoms with Crippen molar-refractivity contribution in [3.8, 4) is 5.75 Å². The van der Waals surface area contributed by atoms with Crippen LogP contribution in [0.5, 0.6) is 5.75 Å². The van der Waals surface area contributed by atoms with Crippen LogP contribution in [-0.2, 0) is 11.4 Å². The van der Waals surface area contributed by atoms with Crippen molar-refractivity contribution in [2.24, 2.45) is 4.99 Å². The Morgan fingerprint density at radius 2 is 1.67 bits per heavy atom. The fourth-order valence-corrected chi connectivity index (χ4v) is 2.16. The molecule has 0 aliphatic carbocycles. The molecule has 0 atom stereocenters. The third-order valence-electron chi connectivity index (χ3n) is 3.22. The van der Waals surface area contributed by atoms with Gasteiger partial charge in [-0.25, -0.2) is 4.79 Å². The van der Waals surface area contributed by atoms with Crippen LogP contribution in [0, 0.1) is 0 Å². The lowest BCUT2D eigenvalue weighted by molar-refractivity contribution is 0.306. The minimum absolute atomic E-state index is 0.542. The summed E-state index contributed by atoms with van der Waals surface area (Å²) in [6.45, 7) is 0.542. The van der Waals surface area contributed by atoms with Crippen molar-refractivity contribution < 1.29 is 9.53 Å². The summed E-state index contributed by atoms with van der Waals surface area (Å²) in [5, 5.41) is 2.06. The molecule has 0 N–H and O–H groups in total. The molecule has 3 aromatic carbocycles. The SMILES string of the molecule is O=C=Nc1ccc2cc(OCc3ccccc3)ccc2c1. The molecule has 0 amide bonds. The summed E-state index contributed by atoms with van der Waals surface area (Å²) in [6, 6.07) is 21.4. The highest BCUT2D eigenvalue weighted by atomic mass is 16.5. The average molecular weight is 275 g/mol. The lowest BCUT2D eigenvalue weighted by Crippen LogP contribution is -1.94. The second-order valence-electron chi connectivity index (χ2n) is 4.67. The second kappa shape index (κ2) is 6.04. The number of aliphatic imine (C=N–C) groups is 1. The van der Waals surface area contributed by atoms with Gasteiger partial charge in [-0.2, -0.15) is 4.99 Å². The molecule has 0 aliphatic heterocycles. The van der Waals surface area contributed by atoms with E-state index in [-0.39, 0.29) is 0 Å². The highest BCUT2D eigenvalue weighted by Gasteiger charge is 2.00. The molecule has 3 heteroatoms. The van der Waals surface area contributed by atoms with Gasteiger partial charge in [0.1, 0.15) is 12.4 Å². The Morgan fingerprint density at radius 3 is 2.48 bits per heavy atom. The van der Waals surface area contributed by atoms with Crippen molar-refractivity contribution in [3.63, 3.8) is 0 Å². The van der Waals surface area contributed by atoms with Gasteiger partial charge in [-0.1, -0.05) is 42.5 Å². The zero-order chi connectivity index (χ0) is 14.5. The first kappa shape index (κ1) is 13.1. The molecule has 0 aliphatic rings. The van der Waals surface area contributed by atoms with E-state index in [4.69, 9.17) is 4.74 Å². The molecule has 21 heavy (non-hydrogen) atoms. The van der Waals surface area contributed by atoms with Gasteiger partial charge in [-0.3, -0.25) is 0 Å². The van der Waals surface area contributed by atoms with E-state index >= 15 is 0 Å². The summed E-state index contributed by atoms with van der Waals surface area (Å²) in [5.41, 5.74) is 1.74. The van der Waals surface area contributed by atoms with Gasteiger partial charge < -0.3 is 4.74 Å². The van der Waals surface area contributed by atoms with Crippen LogP contribution in [0.1, 0.15) is 5.56 Å². The summed E-state index contributed by atoms with van der Waals surface area (Å²) in [6.07, 6.45) is 1.55. The first-order valence-electron chi connectivity index (χ1n) is 6.63. The molecule has 0 saturated carbocycles. The molecule has 3 rings (SSSR count). The average Bonchev–Trinajstić information content (AvgIpc) is 2.54. The molecule has 0 spiro atoms. The number of hydrogen-bond acceptors (Lipinski definition) is 3. The van der Waals surface area contributed by atoms with E-state index in [1.165, 1.54) is 0 Å². The summed E-state index contributed by atoms with van der Waals surface area (Å²) >= 11 is 0. The first-order valence-corrected chi connectivity index (χ1v) is 6.63. The Kier molecular flexibility index (Phi) is 3.77. The summed E-state index contributed by atoms with van der Waals surface area (Å²) in [4.78, 5) is 13.9. The fourth-order valence-electron chi connectivity index (χ4n) is 2.16. The Hall–Kier alpha value is -2.90. The third-order valence-corrected chi connectivity index (χ3v) is 3.22. The topological polar surface area (TPSA) is 38.7 Å². The van der Waals surface area contributed by atoms with E-state index in [1.54, 1.807) is 12.1 Å². The Labute approximate surface area is 122 Å². The zero-order valence-corrected chi connectivity index (χ0v) is 11.3. The van der Waals surface area contributed by atoms with Gasteiger partial charge >= 0.3 is 0 Å². The maximum atomic E-state index is 10.3. The van der Waals surface area contributed by atoms with E-state index in [0.29, 0.717) is 12.3 Å². The molecule has 0 saturated heterocycles. The van der Waals surface area contributed by atoms with Crippen LogP contribution < -0.4 is 4.74 Å². The maximum Gasteiger partial charge on any atom is 0.240 e. The number of isocyanates is 1. The summed E-state index contributed by atoms with van der Waals surface area (Å²) in [5.74, 6) is 0.818. The number of fused-ring (bicyclic) bond motifs is 1. The van der Waals surface area contributed by atoms with E-state index < -0.39 is 0 Å². The van der Waals surface area contributed by atoms with Crippen LogP contribution in [0.15, 0.2) is 71.7 Å². The van der Waals surface area contributed by atoms with Crippen LogP contribution in [0.4, 0.5) is 5.69 Å². The van der Waals surface area contributed by atoms with Gasteiger partial charge in [0, 0.05) is 0 Å². The van der Waals surface area contributed by atoms with Crippen LogP contribution in [-0.4, -0.2) is 6.08 Å². The van der Waals surface area contributed by atoms with Gasteiger partial charge in [-0.15, -0.1) is 0 Å². The minimum atomic E-state index is 0.542. The van der Waals surface area contributed by atoms with Crippen molar-refractivity contribution in [2.75, 3.05) is 0 Å². The molecule has 0 heterocycles. The molecular formula is C18H13NO2. The quantitative estimate of drug-likeness (QED) is 0.523. The minimum Gasteiger partial charge on any atom is -0.489 e. The molecule has 3 aromatic rings. The standard InChI is InChI=1S/C18H13NO2/c20-13-19-17-8-6-16-11-18(9-7-15(16)10-17)21-12-14-4-2-1-3-5-14/h1-11H,12H2. The van der Waals surface area contributed by atoms with Crippen LogP contribution >= 0.6 is 0 Å². The fraction of sp³-hybridized carbons (Fsp3) is 0.0556. The van der Waals surface area contributed by atoms with E-state index in [1.807, 2.05) is 60.7 Å². The monoisotopic (exact) mass is 275 g/mol. The second-order valence-corrected chi connectivity index (χ2v) is 4.67. The van der Waals surface area contributed by atoms with Gasteiger partial charge in [-0.05, 0) is 40.6 Å². The van der Waals surface area contributed by atoms with Gasteiger partial charge in [0.2, 0.25) is 6.08 Å². The van der Waals surface area contributed by atoms with Crippen molar-refractivity contribution in [2.45, 2.75) is 6.61 Å². The lowest BCUT2D eigenvalue weighted by atomic mass is 10.1. The van der Waals surface area contributed by atoms with Crippen LogP contribution in [0.3, 0.4) is 0 Å². The number of nitrogens with zero attached hydrogens (tertiary/aromatic N) is 1. The predicted octanol–water partition coefficient (Wildman–Crippen LogP) is 4.39. The number of ether oxygens (including phenoxy) is 1. The molecule has 0 radical (unpaired) electrons. The molecule has 0 fully saturated rings. The van der Waals surface area contributed by atoms with E-state index in [2.05, 4.69) is 4.99 Å². The van der Waals surface area contributed by atoms with E-state index in [0.717, 1.165) is 22.1 Å². The van der Waals surface area contributed by atoms with Gasteiger partial charge in [0.05, 0.1) is 5.69 Å². The molecule has 102 valence electrons. The Morgan fingerprint density at radius 1 is 0.905 bits per heavy atom. The number of benzene rings is 3. The normalized spacial score (nSPS) is 10.1. The van der Waals surface area contributed by atoms with Crippen molar-refractivity contribution >= 4 is 22.5 Å². The van der Waals surface area contributed by atoms with Crippen LogP contribution in [0.2, 0.25) is 0 Å².